The van der Waals surface area contributed by atoms with Gasteiger partial charge in [0.1, 0.15) is 11.6 Å². The van der Waals surface area contributed by atoms with Crippen molar-refractivity contribution in [3.8, 4) is 0 Å². The maximum atomic E-state index is 11.1. The largest absolute Gasteiger partial charge is 0.508 e. The van der Waals surface area contributed by atoms with Crippen molar-refractivity contribution in [1.29, 1.82) is 0 Å². The van der Waals surface area contributed by atoms with Gasteiger partial charge >= 0.3 is 6.16 Å². The number of anilines is 1. The number of methoxy groups -OCH3 is 1. The van der Waals surface area contributed by atoms with E-state index in [-0.39, 0.29) is 23.2 Å². The van der Waals surface area contributed by atoms with E-state index in [0.717, 1.165) is 0 Å². The molecule has 8 nitrogen and oxygen atoms in total. The maximum Gasteiger partial charge on any atom is 0.508 e. The highest BCUT2D eigenvalue weighted by molar-refractivity contribution is 6.33. The lowest BCUT2D eigenvalue weighted by Gasteiger charge is -2.14. The van der Waals surface area contributed by atoms with Gasteiger partial charge in [-0.25, -0.2) is 9.78 Å². The van der Waals surface area contributed by atoms with Crippen LogP contribution >= 0.6 is 11.6 Å². The van der Waals surface area contributed by atoms with E-state index >= 15 is 0 Å². The molecule has 0 spiro atoms. The summed E-state index contributed by atoms with van der Waals surface area (Å²) in [4.78, 5) is 23.3. The van der Waals surface area contributed by atoms with Gasteiger partial charge in [-0.15, -0.1) is 0 Å². The molecule has 2 aromatic heterocycles. The van der Waals surface area contributed by atoms with Gasteiger partial charge in [0.15, 0.2) is 10.8 Å². The molecule has 3 rings (SSSR count). The highest BCUT2D eigenvalue weighted by Crippen LogP contribution is 2.29. The van der Waals surface area contributed by atoms with Crippen LogP contribution in [0.4, 0.5) is 10.7 Å². The number of hydrogen-bond acceptors (Lipinski definition) is 7. The molecule has 2 atom stereocenters. The van der Waals surface area contributed by atoms with Gasteiger partial charge in [0, 0.05) is 6.42 Å². The predicted octanol–water partition coefficient (Wildman–Crippen LogP) is 1.71. The van der Waals surface area contributed by atoms with Crippen molar-refractivity contribution in [3.63, 3.8) is 0 Å². The first kappa shape index (κ1) is 13.6. The van der Waals surface area contributed by atoms with Crippen molar-refractivity contribution in [3.05, 3.63) is 23.6 Å². The van der Waals surface area contributed by atoms with Gasteiger partial charge in [0.2, 0.25) is 5.95 Å². The van der Waals surface area contributed by atoms with Gasteiger partial charge in [0.05, 0.1) is 19.5 Å². The van der Waals surface area contributed by atoms with Crippen LogP contribution in [0.15, 0.2) is 18.5 Å². The van der Waals surface area contributed by atoms with Crippen molar-refractivity contribution < 1.29 is 14.3 Å². The monoisotopic (exact) mass is 309 g/mol. The molecule has 21 heavy (non-hydrogen) atoms. The van der Waals surface area contributed by atoms with Gasteiger partial charge in [-0.2, -0.15) is 9.97 Å². The highest BCUT2D eigenvalue weighted by atomic mass is 35.5. The number of nitrogens with two attached hydrogens (primary N) is 1. The van der Waals surface area contributed by atoms with Crippen molar-refractivity contribution in [2.75, 3.05) is 12.8 Å². The lowest BCUT2D eigenvalue weighted by atomic mass is 10.2. The Kier molecular flexibility index (Phi) is 3.38. The number of ether oxygens (including phenoxy) is 2. The second-order valence-corrected chi connectivity index (χ2v) is 4.85. The molecule has 0 unspecified atom stereocenters. The SMILES string of the molecule is COC(=O)O[C@@H]1C=C[C@H](n2cnc3c(Cl)nc(N)nc32)C1. The van der Waals surface area contributed by atoms with Gasteiger partial charge in [-0.1, -0.05) is 17.7 Å². The number of carbonyl (C=O) groups excluding carboxylic acids is 1. The summed E-state index contributed by atoms with van der Waals surface area (Å²) >= 11 is 5.99. The number of imidazole rings is 1. The van der Waals surface area contributed by atoms with E-state index in [1.165, 1.54) is 7.11 Å². The fourth-order valence-electron chi connectivity index (χ4n) is 2.25. The number of carbonyl (C=O) groups is 1. The summed E-state index contributed by atoms with van der Waals surface area (Å²) in [6, 6.07) is -0.0602. The first-order valence-corrected chi connectivity index (χ1v) is 6.54. The topological polar surface area (TPSA) is 105 Å². The number of rotatable bonds is 2. The van der Waals surface area contributed by atoms with Crippen LogP contribution in [0.1, 0.15) is 12.5 Å². The second kappa shape index (κ2) is 5.21. The Balaban J connectivity index is 1.86. The molecule has 0 saturated heterocycles. The molecule has 2 N–H and O–H groups in total. The van der Waals surface area contributed by atoms with Crippen molar-refractivity contribution in [1.82, 2.24) is 19.5 Å². The number of nitrogen functional groups attached to an aromatic ring is 1. The zero-order valence-electron chi connectivity index (χ0n) is 11.1. The molecular weight excluding hydrogens is 298 g/mol. The number of hydrogen-bond donors (Lipinski definition) is 1. The minimum absolute atomic E-state index is 0.0602. The van der Waals surface area contributed by atoms with Crippen LogP contribution in [0, 0.1) is 0 Å². The maximum absolute atomic E-state index is 11.1. The van der Waals surface area contributed by atoms with Gasteiger partial charge in [-0.05, 0) is 6.08 Å². The third kappa shape index (κ3) is 2.49. The summed E-state index contributed by atoms with van der Waals surface area (Å²) in [5.74, 6) is 0.0820. The molecule has 9 heteroatoms. The van der Waals surface area contributed by atoms with E-state index in [9.17, 15) is 4.79 Å². The molecular formula is C12H12ClN5O3. The molecule has 110 valence electrons. The quantitative estimate of drug-likeness (QED) is 0.511. The fourth-order valence-corrected chi connectivity index (χ4v) is 2.47. The molecule has 0 amide bonds. The molecule has 0 aliphatic heterocycles. The van der Waals surface area contributed by atoms with E-state index in [4.69, 9.17) is 22.1 Å². The van der Waals surface area contributed by atoms with E-state index in [1.807, 2.05) is 10.6 Å². The van der Waals surface area contributed by atoms with Crippen LogP contribution in [0.5, 0.6) is 0 Å². The molecule has 0 fully saturated rings. The number of nitrogens with zero attached hydrogens (tertiary/aromatic N) is 4. The number of fused-ring (bicyclic) bond motifs is 1. The van der Waals surface area contributed by atoms with Crippen LogP contribution in [0.2, 0.25) is 5.15 Å². The Bertz CT molecular complexity index is 729. The first-order chi connectivity index (χ1) is 10.1. The Hall–Kier alpha value is -2.35. The van der Waals surface area contributed by atoms with Crippen LogP contribution in [-0.4, -0.2) is 38.9 Å². The number of aromatic nitrogens is 4. The number of allylic oxidation sites excluding steroid dienone is 1. The summed E-state index contributed by atoms with van der Waals surface area (Å²) < 4.78 is 11.4. The second-order valence-electron chi connectivity index (χ2n) is 4.50. The van der Waals surface area contributed by atoms with Gasteiger partial charge in [-0.3, -0.25) is 0 Å². The molecule has 1 aliphatic carbocycles. The number of halogens is 1. The van der Waals surface area contributed by atoms with Crippen LogP contribution in [0.3, 0.4) is 0 Å². The normalized spacial score (nSPS) is 20.9. The van der Waals surface area contributed by atoms with Gasteiger partial charge < -0.3 is 19.8 Å². The summed E-state index contributed by atoms with van der Waals surface area (Å²) in [5.41, 5.74) is 6.64. The lowest BCUT2D eigenvalue weighted by molar-refractivity contribution is 0.0504. The highest BCUT2D eigenvalue weighted by Gasteiger charge is 2.25. The van der Waals surface area contributed by atoms with Crippen molar-refractivity contribution in [2.45, 2.75) is 18.6 Å². The van der Waals surface area contributed by atoms with Gasteiger partial charge in [0.25, 0.3) is 0 Å². The minimum atomic E-state index is -0.713. The molecule has 0 saturated carbocycles. The zero-order chi connectivity index (χ0) is 15.0. The third-order valence-corrected chi connectivity index (χ3v) is 3.45. The Morgan fingerprint density at radius 3 is 3.05 bits per heavy atom. The Labute approximate surface area is 124 Å². The van der Waals surface area contributed by atoms with E-state index in [0.29, 0.717) is 17.6 Å². The first-order valence-electron chi connectivity index (χ1n) is 6.17. The van der Waals surface area contributed by atoms with E-state index in [1.54, 1.807) is 12.4 Å². The summed E-state index contributed by atoms with van der Waals surface area (Å²) in [6.07, 6.45) is 4.80. The Morgan fingerprint density at radius 2 is 2.29 bits per heavy atom. The fraction of sp³-hybridized carbons (Fsp3) is 0.333. The smallest absolute Gasteiger partial charge is 0.438 e. The van der Waals surface area contributed by atoms with E-state index in [2.05, 4.69) is 19.7 Å². The molecule has 1 aliphatic rings. The predicted molar refractivity (Wildman–Crippen MR) is 74.8 cm³/mol. The zero-order valence-corrected chi connectivity index (χ0v) is 11.8. The average Bonchev–Trinajstić information content (AvgIpc) is 3.04. The van der Waals surface area contributed by atoms with E-state index < -0.39 is 6.16 Å². The Morgan fingerprint density at radius 1 is 1.48 bits per heavy atom. The molecule has 2 heterocycles. The van der Waals surface area contributed by atoms with Crippen LogP contribution in [0.25, 0.3) is 11.2 Å². The van der Waals surface area contributed by atoms with Crippen molar-refractivity contribution in [2.24, 2.45) is 0 Å². The van der Waals surface area contributed by atoms with Crippen LogP contribution in [-0.2, 0) is 9.47 Å². The lowest BCUT2D eigenvalue weighted by Crippen LogP contribution is -2.16. The third-order valence-electron chi connectivity index (χ3n) is 3.19. The van der Waals surface area contributed by atoms with Crippen LogP contribution < -0.4 is 5.73 Å². The van der Waals surface area contributed by atoms with Crippen molar-refractivity contribution >= 4 is 34.9 Å². The summed E-state index contributed by atoms with van der Waals surface area (Å²) in [6.45, 7) is 0. The standard InChI is InChI=1S/C12H12ClN5O3/c1-20-12(19)21-7-3-2-6(4-7)18-5-15-8-9(13)16-11(14)17-10(8)18/h2-3,5-7H,4H2,1H3,(H2,14,16,17)/t6-,7+/m0/s1. The summed E-state index contributed by atoms with van der Waals surface area (Å²) in [5, 5.41) is 0.209. The minimum Gasteiger partial charge on any atom is -0.438 e. The molecule has 0 bridgehead atoms. The summed E-state index contributed by atoms with van der Waals surface area (Å²) in [7, 11) is 1.27. The molecule has 0 radical (unpaired) electrons. The molecule has 0 aromatic carbocycles. The molecule has 2 aromatic rings. The average molecular weight is 310 g/mol.